The Balaban J connectivity index is 2.04. The second-order valence-corrected chi connectivity index (χ2v) is 2.66. The van der Waals surface area contributed by atoms with E-state index in [2.05, 4.69) is 0 Å². The van der Waals surface area contributed by atoms with E-state index in [0.717, 1.165) is 19.3 Å². The van der Waals surface area contributed by atoms with Crippen LogP contribution in [-0.2, 0) is 9.84 Å². The fourth-order valence-corrected chi connectivity index (χ4v) is 1.41. The minimum atomic E-state index is -0.905. The molecule has 2 heteroatoms. The Morgan fingerprint density at radius 1 is 1.50 bits per heavy atom. The van der Waals surface area contributed by atoms with Gasteiger partial charge in [0.15, 0.2) is 0 Å². The zero-order chi connectivity index (χ0) is 5.61. The topological polar surface area (TPSA) is 32.4 Å². The molecule has 0 spiro atoms. The Bertz CT molecular complexity index is 111. The van der Waals surface area contributed by atoms with Gasteiger partial charge in [0, 0.05) is 6.42 Å². The van der Waals surface area contributed by atoms with Gasteiger partial charge in [-0.15, -0.1) is 0 Å². The van der Waals surface area contributed by atoms with Crippen molar-refractivity contribution in [2.75, 3.05) is 0 Å². The summed E-state index contributed by atoms with van der Waals surface area (Å²) in [5.74, 6) is -0.905. The van der Waals surface area contributed by atoms with Gasteiger partial charge in [-0.3, -0.25) is 0 Å². The Morgan fingerprint density at radius 2 is 2.38 bits per heavy atom. The molecule has 1 heterocycles. The summed E-state index contributed by atoms with van der Waals surface area (Å²) in [5, 5.41) is 11.0. The molecule has 2 aliphatic rings. The summed E-state index contributed by atoms with van der Waals surface area (Å²) in [7, 11) is 0. The number of hydrogen-bond acceptors (Lipinski definition) is 1. The summed E-state index contributed by atoms with van der Waals surface area (Å²) in [4.78, 5) is 0. The van der Waals surface area contributed by atoms with Crippen molar-refractivity contribution < 1.29 is 9.84 Å². The Morgan fingerprint density at radius 3 is 2.88 bits per heavy atom. The van der Waals surface area contributed by atoms with Crippen molar-refractivity contribution in [2.45, 2.75) is 37.6 Å². The van der Waals surface area contributed by atoms with Gasteiger partial charge in [-0.2, -0.15) is 5.11 Å². The molecule has 2 atom stereocenters. The van der Waals surface area contributed by atoms with Crippen molar-refractivity contribution in [3.05, 3.63) is 0 Å². The minimum absolute atomic E-state index is 0.0938. The lowest BCUT2D eigenvalue weighted by Crippen LogP contribution is -2.15. The van der Waals surface area contributed by atoms with Gasteiger partial charge >= 0.3 is 0 Å². The highest BCUT2D eigenvalue weighted by molar-refractivity contribution is 4.95. The molecule has 0 aromatic rings. The van der Waals surface area contributed by atoms with Gasteiger partial charge in [0.1, 0.15) is 6.10 Å². The van der Waals surface area contributed by atoms with E-state index in [4.69, 9.17) is 4.74 Å². The molecule has 1 aliphatic carbocycles. The van der Waals surface area contributed by atoms with Crippen molar-refractivity contribution in [3.63, 3.8) is 0 Å². The van der Waals surface area contributed by atoms with Crippen molar-refractivity contribution >= 4 is 0 Å². The quantitative estimate of drug-likeness (QED) is 0.433. The van der Waals surface area contributed by atoms with Gasteiger partial charge < -0.3 is 4.74 Å². The molecule has 2 unspecified atom stereocenters. The van der Waals surface area contributed by atoms with E-state index in [-0.39, 0.29) is 6.10 Å². The zero-order valence-electron chi connectivity index (χ0n) is 4.72. The maximum absolute atomic E-state index is 11.0. The van der Waals surface area contributed by atoms with Gasteiger partial charge in [-0.05, 0) is 12.8 Å². The summed E-state index contributed by atoms with van der Waals surface area (Å²) in [5.41, 5.74) is 0. The van der Waals surface area contributed by atoms with Crippen molar-refractivity contribution in [1.29, 1.82) is 0 Å². The smallest absolute Gasteiger partial charge is 0.228 e. The fourth-order valence-electron chi connectivity index (χ4n) is 1.41. The Labute approximate surface area is 48.5 Å². The third-order valence-corrected chi connectivity index (χ3v) is 2.02. The minimum Gasteiger partial charge on any atom is -0.336 e. The SMILES string of the molecule is [O]C12CCCCC1O2. The molecule has 0 N–H and O–H groups in total. The molecule has 0 amide bonds. The Kier molecular flexibility index (Phi) is 0.746. The van der Waals surface area contributed by atoms with E-state index < -0.39 is 5.79 Å². The van der Waals surface area contributed by atoms with Crippen LogP contribution in [0.5, 0.6) is 0 Å². The summed E-state index contributed by atoms with van der Waals surface area (Å²) < 4.78 is 4.91. The average molecular weight is 113 g/mol. The third kappa shape index (κ3) is 0.501. The van der Waals surface area contributed by atoms with Crippen LogP contribution in [0.25, 0.3) is 0 Å². The van der Waals surface area contributed by atoms with Crippen LogP contribution < -0.4 is 0 Å². The number of ether oxygens (including phenoxy) is 1. The van der Waals surface area contributed by atoms with Crippen LogP contribution in [0.4, 0.5) is 0 Å². The van der Waals surface area contributed by atoms with Gasteiger partial charge in [0.05, 0.1) is 0 Å². The van der Waals surface area contributed by atoms with Gasteiger partial charge in [-0.25, -0.2) is 0 Å². The maximum Gasteiger partial charge on any atom is 0.228 e. The Hall–Kier alpha value is -0.0800. The predicted molar refractivity (Wildman–Crippen MR) is 26.8 cm³/mol. The highest BCUT2D eigenvalue weighted by Gasteiger charge is 2.57. The van der Waals surface area contributed by atoms with Gasteiger partial charge in [0.2, 0.25) is 5.79 Å². The first kappa shape index (κ1) is 4.77. The first-order valence-corrected chi connectivity index (χ1v) is 3.19. The molecular weight excluding hydrogens is 104 g/mol. The molecular formula is C6H9O2. The van der Waals surface area contributed by atoms with E-state index in [1.165, 1.54) is 6.42 Å². The molecule has 1 radical (unpaired) electrons. The number of hydrogen-bond donors (Lipinski definition) is 0. The lowest BCUT2D eigenvalue weighted by Gasteiger charge is -2.06. The van der Waals surface area contributed by atoms with Crippen molar-refractivity contribution in [3.8, 4) is 0 Å². The van der Waals surface area contributed by atoms with E-state index in [0.29, 0.717) is 0 Å². The van der Waals surface area contributed by atoms with Gasteiger partial charge in [-0.1, -0.05) is 6.42 Å². The van der Waals surface area contributed by atoms with Crippen LogP contribution in [-0.4, -0.2) is 11.9 Å². The normalized spacial score (nSPS) is 52.9. The largest absolute Gasteiger partial charge is 0.336 e. The molecule has 2 nitrogen and oxygen atoms in total. The average Bonchev–Trinajstić information content (AvgIpc) is 2.39. The number of fused-ring (bicyclic) bond motifs is 1. The van der Waals surface area contributed by atoms with Crippen LogP contribution in [0.3, 0.4) is 0 Å². The molecule has 1 saturated heterocycles. The van der Waals surface area contributed by atoms with E-state index in [9.17, 15) is 5.11 Å². The van der Waals surface area contributed by atoms with Crippen LogP contribution >= 0.6 is 0 Å². The first-order valence-electron chi connectivity index (χ1n) is 3.19. The molecule has 0 aromatic carbocycles. The van der Waals surface area contributed by atoms with Crippen molar-refractivity contribution in [2.24, 2.45) is 0 Å². The molecule has 45 valence electrons. The van der Waals surface area contributed by atoms with E-state index in [1.54, 1.807) is 0 Å². The summed E-state index contributed by atoms with van der Waals surface area (Å²) in [6.45, 7) is 0. The van der Waals surface area contributed by atoms with Crippen molar-refractivity contribution in [1.82, 2.24) is 0 Å². The zero-order valence-corrected chi connectivity index (χ0v) is 4.72. The molecule has 0 aromatic heterocycles. The van der Waals surface area contributed by atoms with E-state index >= 15 is 0 Å². The first-order chi connectivity index (χ1) is 3.81. The standard InChI is InChI=1S/C6H9O2/c7-6-4-2-1-3-5(6)8-6/h5H,1-4H2. The van der Waals surface area contributed by atoms with Crippen LogP contribution in [0, 0.1) is 0 Å². The van der Waals surface area contributed by atoms with Crippen LogP contribution in [0.2, 0.25) is 0 Å². The second-order valence-electron chi connectivity index (χ2n) is 2.66. The third-order valence-electron chi connectivity index (χ3n) is 2.02. The molecule has 2 fully saturated rings. The molecule has 8 heavy (non-hydrogen) atoms. The highest BCUT2D eigenvalue weighted by Crippen LogP contribution is 2.45. The maximum atomic E-state index is 11.0. The lowest BCUT2D eigenvalue weighted by atomic mass is 9.98. The molecule has 1 aliphatic heterocycles. The van der Waals surface area contributed by atoms with Crippen LogP contribution in [0.15, 0.2) is 0 Å². The summed E-state index contributed by atoms with van der Waals surface area (Å²) in [6.07, 6.45) is 4.10. The van der Waals surface area contributed by atoms with Crippen LogP contribution in [0.1, 0.15) is 25.7 Å². The summed E-state index contributed by atoms with van der Waals surface area (Å²) >= 11 is 0. The fraction of sp³-hybridized carbons (Fsp3) is 1.00. The number of rotatable bonds is 0. The monoisotopic (exact) mass is 113 g/mol. The lowest BCUT2D eigenvalue weighted by molar-refractivity contribution is -0.0379. The molecule has 2 rings (SSSR count). The molecule has 0 bridgehead atoms. The van der Waals surface area contributed by atoms with E-state index in [1.807, 2.05) is 0 Å². The summed E-state index contributed by atoms with van der Waals surface area (Å²) in [6, 6.07) is 0. The highest BCUT2D eigenvalue weighted by atomic mass is 16.7. The molecule has 1 saturated carbocycles. The number of epoxide rings is 1. The van der Waals surface area contributed by atoms with Gasteiger partial charge in [0.25, 0.3) is 0 Å². The second kappa shape index (κ2) is 1.25. The predicted octanol–water partition coefficient (Wildman–Crippen LogP) is 1.09.